The number of aliphatic carboxylic acids is 1. The van der Waals surface area contributed by atoms with Crippen LogP contribution in [-0.4, -0.2) is 61.0 Å². The Morgan fingerprint density at radius 1 is 1.04 bits per heavy atom. The van der Waals surface area contributed by atoms with E-state index in [9.17, 15) is 14.7 Å². The Kier molecular flexibility index (Phi) is 9.34. The molecule has 1 saturated heterocycles. The van der Waals surface area contributed by atoms with Crippen LogP contribution in [0.3, 0.4) is 0 Å². The highest BCUT2D eigenvalue weighted by Crippen LogP contribution is 2.26. The average molecular weight is 341 g/mol. The zero-order valence-electron chi connectivity index (χ0n) is 15.9. The van der Waals surface area contributed by atoms with E-state index in [1.54, 1.807) is 0 Å². The molecule has 1 amide bonds. The Bertz CT molecular complexity index is 396. The van der Waals surface area contributed by atoms with E-state index in [1.165, 1.54) is 44.9 Å². The molecule has 1 aliphatic rings. The number of hydrogen-bond donors (Lipinski definition) is 0. The van der Waals surface area contributed by atoms with Crippen LogP contribution in [0.2, 0.25) is 0 Å². The maximum atomic E-state index is 11.8. The second kappa shape index (κ2) is 10.7. The highest BCUT2D eigenvalue weighted by molar-refractivity contribution is 5.96. The normalized spacial score (nSPS) is 17.4. The van der Waals surface area contributed by atoms with Gasteiger partial charge >= 0.3 is 0 Å². The molecule has 0 radical (unpaired) electrons. The summed E-state index contributed by atoms with van der Waals surface area (Å²) in [4.78, 5) is 24.4. The van der Waals surface area contributed by atoms with Gasteiger partial charge in [0.2, 0.25) is 5.91 Å². The van der Waals surface area contributed by atoms with Crippen molar-refractivity contribution in [3.63, 3.8) is 0 Å². The van der Waals surface area contributed by atoms with E-state index in [2.05, 4.69) is 6.92 Å². The fourth-order valence-corrected chi connectivity index (χ4v) is 3.37. The summed E-state index contributed by atoms with van der Waals surface area (Å²) >= 11 is 0. The number of amides is 1. The second-order valence-electron chi connectivity index (χ2n) is 7.85. The maximum Gasteiger partial charge on any atom is 0.246 e. The Labute approximate surface area is 147 Å². The van der Waals surface area contributed by atoms with Gasteiger partial charge in [0.25, 0.3) is 0 Å². The van der Waals surface area contributed by atoms with Crippen molar-refractivity contribution in [3.05, 3.63) is 0 Å². The van der Waals surface area contributed by atoms with Gasteiger partial charge in [-0.25, -0.2) is 0 Å². The van der Waals surface area contributed by atoms with Crippen LogP contribution < -0.4 is 5.11 Å². The van der Waals surface area contributed by atoms with E-state index in [0.717, 1.165) is 32.4 Å². The van der Waals surface area contributed by atoms with Gasteiger partial charge in [-0.05, 0) is 6.42 Å². The topological polar surface area (TPSA) is 60.2 Å². The van der Waals surface area contributed by atoms with Crippen molar-refractivity contribution in [3.8, 4) is 0 Å². The molecule has 1 unspecified atom stereocenters. The van der Waals surface area contributed by atoms with Crippen LogP contribution in [0.4, 0.5) is 0 Å². The molecule has 24 heavy (non-hydrogen) atoms. The Balaban J connectivity index is 2.02. The van der Waals surface area contributed by atoms with E-state index in [4.69, 9.17) is 0 Å². The van der Waals surface area contributed by atoms with Crippen molar-refractivity contribution >= 4 is 11.9 Å². The molecule has 1 atom stereocenters. The van der Waals surface area contributed by atoms with Gasteiger partial charge in [0.15, 0.2) is 0 Å². The minimum Gasteiger partial charge on any atom is -0.544 e. The number of unbranched alkanes of at least 4 members (excludes halogenated alkanes) is 7. The molecule has 1 rings (SSSR count). The van der Waals surface area contributed by atoms with Gasteiger partial charge in [0.05, 0.1) is 26.6 Å². The fraction of sp³-hybridized carbons (Fsp3) is 0.895. The molecule has 140 valence electrons. The first-order valence-corrected chi connectivity index (χ1v) is 9.69. The van der Waals surface area contributed by atoms with Crippen molar-refractivity contribution in [2.75, 3.05) is 33.7 Å². The first-order valence-electron chi connectivity index (χ1n) is 9.69. The Morgan fingerprint density at radius 2 is 1.62 bits per heavy atom. The van der Waals surface area contributed by atoms with E-state index >= 15 is 0 Å². The van der Waals surface area contributed by atoms with Gasteiger partial charge in [0.1, 0.15) is 12.6 Å². The van der Waals surface area contributed by atoms with Gasteiger partial charge in [0, 0.05) is 13.0 Å². The molecule has 5 heteroatoms. The molecule has 0 N–H and O–H groups in total. The number of carbonyl (C=O) groups is 2. The summed E-state index contributed by atoms with van der Waals surface area (Å²) in [6, 6.07) is 0.141. The highest BCUT2D eigenvalue weighted by atomic mass is 16.4. The number of carbonyl (C=O) groups excluding carboxylic acids is 2. The number of likely N-dealkylation sites (N-methyl/N-ethyl adjacent to an activating group) is 1. The average Bonchev–Trinajstić information content (AvgIpc) is 3.09. The maximum absolute atomic E-state index is 11.8. The molecule has 1 heterocycles. The summed E-state index contributed by atoms with van der Waals surface area (Å²) in [5.41, 5.74) is 0. The number of carboxylic acids is 1. The number of nitrogens with zero attached hydrogens (tertiary/aromatic N) is 2. The quantitative estimate of drug-likeness (QED) is 0.260. The van der Waals surface area contributed by atoms with E-state index in [-0.39, 0.29) is 18.5 Å². The lowest BCUT2D eigenvalue weighted by Gasteiger charge is -2.30. The lowest BCUT2D eigenvalue weighted by Crippen LogP contribution is -2.49. The number of carboxylic acid groups (broad SMARTS) is 1. The van der Waals surface area contributed by atoms with Crippen LogP contribution in [-0.2, 0) is 9.59 Å². The predicted octanol–water partition coefficient (Wildman–Crippen LogP) is 1.94. The number of hydrogen-bond acceptors (Lipinski definition) is 3. The van der Waals surface area contributed by atoms with Gasteiger partial charge < -0.3 is 19.3 Å². The monoisotopic (exact) mass is 340 g/mol. The minimum atomic E-state index is -1.02. The third-order valence-corrected chi connectivity index (χ3v) is 4.93. The number of rotatable bonds is 15. The van der Waals surface area contributed by atoms with Crippen molar-refractivity contribution in [1.82, 2.24) is 4.90 Å². The van der Waals surface area contributed by atoms with E-state index in [0.29, 0.717) is 4.48 Å². The van der Waals surface area contributed by atoms with Crippen LogP contribution in [0.15, 0.2) is 0 Å². The molecule has 0 aromatic carbocycles. The predicted molar refractivity (Wildman–Crippen MR) is 94.2 cm³/mol. The largest absolute Gasteiger partial charge is 0.544 e. The molecule has 0 aromatic heterocycles. The van der Waals surface area contributed by atoms with Gasteiger partial charge in [-0.3, -0.25) is 4.79 Å². The molecule has 0 aliphatic carbocycles. The minimum absolute atomic E-state index is 0.0234. The highest BCUT2D eigenvalue weighted by Gasteiger charge is 2.44. The standard InChI is InChI=1S/C19H36N2O3/c1-4-5-6-7-8-9-10-11-13-17-19(24)20(17)14-12-15-21(2,3)16-18(22)23/h17H,4-16H2,1-3H3. The van der Waals surface area contributed by atoms with Crippen molar-refractivity contribution in [2.24, 2.45) is 0 Å². The Morgan fingerprint density at radius 3 is 2.21 bits per heavy atom. The molecule has 1 fully saturated rings. The lowest BCUT2D eigenvalue weighted by atomic mass is 10.1. The summed E-state index contributed by atoms with van der Waals surface area (Å²) in [5.74, 6) is -0.737. The van der Waals surface area contributed by atoms with Crippen LogP contribution in [0, 0.1) is 0 Å². The number of quaternary nitrogens is 1. The zero-order chi connectivity index (χ0) is 18.0. The van der Waals surface area contributed by atoms with Crippen LogP contribution in [0.5, 0.6) is 0 Å². The second-order valence-corrected chi connectivity index (χ2v) is 7.85. The Hall–Kier alpha value is -1.10. The third-order valence-electron chi connectivity index (χ3n) is 4.93. The van der Waals surface area contributed by atoms with Crippen molar-refractivity contribution in [1.29, 1.82) is 0 Å². The SMILES string of the molecule is CCCCCCCCCCC1C(=O)N1CCC[N+](C)(C)CC(=O)[O-]. The molecule has 1 aliphatic heterocycles. The summed E-state index contributed by atoms with van der Waals surface area (Å²) in [5, 5.41) is 10.7. The molecule has 0 aromatic rings. The molecular formula is C19H36N2O3. The van der Waals surface area contributed by atoms with E-state index in [1.807, 2.05) is 19.0 Å². The van der Waals surface area contributed by atoms with Crippen molar-refractivity contribution < 1.29 is 19.2 Å². The lowest BCUT2D eigenvalue weighted by molar-refractivity contribution is -0.884. The smallest absolute Gasteiger partial charge is 0.246 e. The van der Waals surface area contributed by atoms with Crippen molar-refractivity contribution in [2.45, 2.75) is 77.2 Å². The third kappa shape index (κ3) is 8.67. The molecule has 5 nitrogen and oxygen atoms in total. The molecule has 0 saturated carbocycles. The van der Waals surface area contributed by atoms with Gasteiger partial charge in [-0.2, -0.15) is 0 Å². The first-order chi connectivity index (χ1) is 11.4. The van der Waals surface area contributed by atoms with Crippen LogP contribution >= 0.6 is 0 Å². The first kappa shape index (κ1) is 20.9. The summed E-state index contributed by atoms with van der Waals surface area (Å²) in [6.07, 6.45) is 12.2. The molecule has 0 bridgehead atoms. The molecule has 0 spiro atoms. The molecular weight excluding hydrogens is 304 g/mol. The summed E-state index contributed by atoms with van der Waals surface area (Å²) in [7, 11) is 3.77. The van der Waals surface area contributed by atoms with Gasteiger partial charge in [-0.15, -0.1) is 0 Å². The fourth-order valence-electron chi connectivity index (χ4n) is 3.37. The summed E-state index contributed by atoms with van der Waals surface area (Å²) < 4.78 is 0.410. The zero-order valence-corrected chi connectivity index (χ0v) is 15.9. The van der Waals surface area contributed by atoms with Crippen LogP contribution in [0.1, 0.15) is 71.1 Å². The van der Waals surface area contributed by atoms with E-state index < -0.39 is 5.97 Å². The van der Waals surface area contributed by atoms with Gasteiger partial charge in [-0.1, -0.05) is 58.3 Å². The van der Waals surface area contributed by atoms with Crippen LogP contribution in [0.25, 0.3) is 0 Å². The summed E-state index contributed by atoms with van der Waals surface area (Å²) in [6.45, 7) is 3.77.